The number of anilines is 1. The van der Waals surface area contributed by atoms with Crippen LogP contribution in [0, 0.1) is 11.6 Å². The Morgan fingerprint density at radius 1 is 1.25 bits per heavy atom. The first-order valence-corrected chi connectivity index (χ1v) is 6.18. The van der Waals surface area contributed by atoms with E-state index in [4.69, 9.17) is 11.5 Å². The summed E-state index contributed by atoms with van der Waals surface area (Å²) in [6.45, 7) is 1.84. The number of nitrogens with two attached hydrogens (primary N) is 2. The van der Waals surface area contributed by atoms with Crippen molar-refractivity contribution in [3.05, 3.63) is 29.3 Å². The number of benzene rings is 1. The zero-order chi connectivity index (χ0) is 15.3. The SMILES string of the molecule is CCCCN(CC(N)=O)C(=O)c1cc(N)c(F)cc1F. The van der Waals surface area contributed by atoms with Gasteiger partial charge in [0.2, 0.25) is 5.91 Å². The summed E-state index contributed by atoms with van der Waals surface area (Å²) in [5, 5.41) is 0. The molecule has 0 aromatic heterocycles. The lowest BCUT2D eigenvalue weighted by Gasteiger charge is -2.21. The first kappa shape index (κ1) is 15.9. The predicted molar refractivity (Wildman–Crippen MR) is 70.8 cm³/mol. The van der Waals surface area contributed by atoms with E-state index in [9.17, 15) is 18.4 Å². The zero-order valence-electron chi connectivity index (χ0n) is 11.2. The van der Waals surface area contributed by atoms with E-state index in [-0.39, 0.29) is 24.3 Å². The minimum atomic E-state index is -1.02. The van der Waals surface area contributed by atoms with E-state index >= 15 is 0 Å². The van der Waals surface area contributed by atoms with Crippen molar-refractivity contribution in [2.24, 2.45) is 5.73 Å². The maximum absolute atomic E-state index is 13.6. The summed E-state index contributed by atoms with van der Waals surface area (Å²) in [7, 11) is 0. The molecule has 20 heavy (non-hydrogen) atoms. The number of carbonyl (C=O) groups is 2. The molecule has 0 spiro atoms. The van der Waals surface area contributed by atoms with Gasteiger partial charge in [0.05, 0.1) is 17.8 Å². The molecule has 1 aromatic rings. The lowest BCUT2D eigenvalue weighted by atomic mass is 10.1. The fourth-order valence-corrected chi connectivity index (χ4v) is 1.69. The molecule has 0 fully saturated rings. The molecule has 0 heterocycles. The number of carbonyl (C=O) groups excluding carboxylic acids is 2. The molecule has 7 heteroatoms. The minimum absolute atomic E-state index is 0.259. The van der Waals surface area contributed by atoms with Gasteiger partial charge in [-0.2, -0.15) is 0 Å². The smallest absolute Gasteiger partial charge is 0.257 e. The maximum Gasteiger partial charge on any atom is 0.257 e. The second-order valence-electron chi connectivity index (χ2n) is 4.40. The first-order valence-electron chi connectivity index (χ1n) is 6.18. The molecule has 5 nitrogen and oxygen atoms in total. The van der Waals surface area contributed by atoms with Gasteiger partial charge in [0.15, 0.2) is 0 Å². The average molecular weight is 285 g/mol. The van der Waals surface area contributed by atoms with Crippen LogP contribution in [0.1, 0.15) is 30.1 Å². The van der Waals surface area contributed by atoms with E-state index in [1.807, 2.05) is 6.92 Å². The van der Waals surface area contributed by atoms with Crippen molar-refractivity contribution in [3.63, 3.8) is 0 Å². The molecule has 0 saturated heterocycles. The molecule has 0 saturated carbocycles. The minimum Gasteiger partial charge on any atom is -0.396 e. The number of hydrogen-bond donors (Lipinski definition) is 2. The summed E-state index contributed by atoms with van der Waals surface area (Å²) in [5.41, 5.74) is 9.68. The third-order valence-electron chi connectivity index (χ3n) is 2.73. The van der Waals surface area contributed by atoms with Gasteiger partial charge in [-0.15, -0.1) is 0 Å². The number of nitrogen functional groups attached to an aromatic ring is 1. The Labute approximate surface area is 115 Å². The van der Waals surface area contributed by atoms with E-state index in [1.165, 1.54) is 0 Å². The van der Waals surface area contributed by atoms with Crippen molar-refractivity contribution >= 4 is 17.5 Å². The number of rotatable bonds is 6. The number of halogens is 2. The van der Waals surface area contributed by atoms with Gasteiger partial charge in [0.1, 0.15) is 11.6 Å². The molecule has 1 aromatic carbocycles. The molecule has 2 amide bonds. The largest absolute Gasteiger partial charge is 0.396 e. The average Bonchev–Trinajstić information content (AvgIpc) is 2.37. The Balaban J connectivity index is 3.04. The van der Waals surface area contributed by atoms with Crippen molar-refractivity contribution in [1.29, 1.82) is 0 Å². The number of unbranched alkanes of at least 4 members (excludes halogenated alkanes) is 1. The van der Waals surface area contributed by atoms with Crippen LogP contribution in [0.3, 0.4) is 0 Å². The van der Waals surface area contributed by atoms with Crippen molar-refractivity contribution in [2.45, 2.75) is 19.8 Å². The Morgan fingerprint density at radius 3 is 2.45 bits per heavy atom. The summed E-state index contributed by atoms with van der Waals surface area (Å²) in [6.07, 6.45) is 1.42. The molecule has 0 bridgehead atoms. The van der Waals surface area contributed by atoms with E-state index in [1.54, 1.807) is 0 Å². The van der Waals surface area contributed by atoms with Gasteiger partial charge in [-0.25, -0.2) is 8.78 Å². The lowest BCUT2D eigenvalue weighted by molar-refractivity contribution is -0.118. The highest BCUT2D eigenvalue weighted by molar-refractivity contribution is 5.97. The molecule has 0 unspecified atom stereocenters. The number of amides is 2. The molecule has 0 atom stereocenters. The third kappa shape index (κ3) is 3.91. The maximum atomic E-state index is 13.6. The molecule has 4 N–H and O–H groups in total. The monoisotopic (exact) mass is 285 g/mol. The number of nitrogens with zero attached hydrogens (tertiary/aromatic N) is 1. The fraction of sp³-hybridized carbons (Fsp3) is 0.385. The Kier molecular flexibility index (Phi) is 5.42. The standard InChI is InChI=1S/C13H17F2N3O2/c1-2-3-4-18(7-12(17)19)13(20)8-5-11(16)10(15)6-9(8)14/h5-6H,2-4,7,16H2,1H3,(H2,17,19). The predicted octanol–water partition coefficient (Wildman–Crippen LogP) is 1.27. The topological polar surface area (TPSA) is 89.4 Å². The Hall–Kier alpha value is -2.18. The van der Waals surface area contributed by atoms with E-state index in [0.717, 1.165) is 17.4 Å². The summed E-state index contributed by atoms with van der Waals surface area (Å²) >= 11 is 0. The molecule has 0 radical (unpaired) electrons. The van der Waals surface area contributed by atoms with Crippen LogP contribution in [0.25, 0.3) is 0 Å². The van der Waals surface area contributed by atoms with Gasteiger partial charge in [-0.1, -0.05) is 13.3 Å². The first-order chi connectivity index (χ1) is 9.36. The quantitative estimate of drug-likeness (QED) is 0.771. The summed E-state index contributed by atoms with van der Waals surface area (Å²) in [5.74, 6) is -3.40. The van der Waals surface area contributed by atoms with Gasteiger partial charge in [-0.05, 0) is 12.5 Å². The van der Waals surface area contributed by atoms with Crippen molar-refractivity contribution in [3.8, 4) is 0 Å². The molecular weight excluding hydrogens is 268 g/mol. The van der Waals surface area contributed by atoms with Gasteiger partial charge < -0.3 is 16.4 Å². The number of primary amides is 1. The lowest BCUT2D eigenvalue weighted by Crippen LogP contribution is -2.39. The van der Waals surface area contributed by atoms with Gasteiger partial charge in [-0.3, -0.25) is 9.59 Å². The van der Waals surface area contributed by atoms with Crippen LogP contribution < -0.4 is 11.5 Å². The van der Waals surface area contributed by atoms with Crippen molar-refractivity contribution < 1.29 is 18.4 Å². The number of hydrogen-bond acceptors (Lipinski definition) is 3. The van der Waals surface area contributed by atoms with E-state index in [2.05, 4.69) is 0 Å². The molecule has 110 valence electrons. The Bertz CT molecular complexity index is 521. The molecule has 0 aliphatic heterocycles. The molecule has 0 aliphatic carbocycles. The molecular formula is C13H17F2N3O2. The van der Waals surface area contributed by atoms with Crippen LogP contribution in [-0.4, -0.2) is 29.8 Å². The van der Waals surface area contributed by atoms with Gasteiger partial charge in [0, 0.05) is 12.6 Å². The van der Waals surface area contributed by atoms with Gasteiger partial charge >= 0.3 is 0 Å². The highest BCUT2D eigenvalue weighted by atomic mass is 19.1. The van der Waals surface area contributed by atoms with Crippen LogP contribution in [-0.2, 0) is 4.79 Å². The Morgan fingerprint density at radius 2 is 1.90 bits per heavy atom. The van der Waals surface area contributed by atoms with Crippen molar-refractivity contribution in [1.82, 2.24) is 4.90 Å². The fourth-order valence-electron chi connectivity index (χ4n) is 1.69. The van der Waals surface area contributed by atoms with Crippen molar-refractivity contribution in [2.75, 3.05) is 18.8 Å². The normalized spacial score (nSPS) is 10.3. The summed E-state index contributed by atoms with van der Waals surface area (Å²) < 4.78 is 26.7. The second-order valence-corrected chi connectivity index (χ2v) is 4.40. The molecule has 1 rings (SSSR count). The van der Waals surface area contributed by atoms with Crippen LogP contribution in [0.2, 0.25) is 0 Å². The van der Waals surface area contributed by atoms with Crippen LogP contribution in [0.4, 0.5) is 14.5 Å². The third-order valence-corrected chi connectivity index (χ3v) is 2.73. The highest BCUT2D eigenvalue weighted by Gasteiger charge is 2.22. The zero-order valence-corrected chi connectivity index (χ0v) is 11.2. The van der Waals surface area contributed by atoms with Crippen LogP contribution in [0.5, 0.6) is 0 Å². The highest BCUT2D eigenvalue weighted by Crippen LogP contribution is 2.18. The molecule has 0 aliphatic rings. The van der Waals surface area contributed by atoms with E-state index < -0.39 is 23.4 Å². The van der Waals surface area contributed by atoms with Crippen LogP contribution in [0.15, 0.2) is 12.1 Å². The summed E-state index contributed by atoms with van der Waals surface area (Å²) in [4.78, 5) is 24.3. The van der Waals surface area contributed by atoms with E-state index in [0.29, 0.717) is 12.5 Å². The van der Waals surface area contributed by atoms with Crippen LogP contribution >= 0.6 is 0 Å². The van der Waals surface area contributed by atoms with Gasteiger partial charge in [0.25, 0.3) is 5.91 Å². The summed E-state index contributed by atoms with van der Waals surface area (Å²) in [6, 6.07) is 1.47. The second kappa shape index (κ2) is 6.83.